The maximum absolute atomic E-state index is 13.6. The molecule has 0 aliphatic carbocycles. The van der Waals surface area contributed by atoms with E-state index in [9.17, 15) is 9.59 Å². The number of hydrogen-bond donors (Lipinski definition) is 1. The third kappa shape index (κ3) is 2.71. The van der Waals surface area contributed by atoms with Gasteiger partial charge in [0, 0.05) is 55.6 Å². The molecule has 2 bridgehead atoms. The predicted octanol–water partition coefficient (Wildman–Crippen LogP) is 1.79. The molecule has 3 aliphatic heterocycles. The van der Waals surface area contributed by atoms with E-state index in [2.05, 4.69) is 24.1 Å². The van der Waals surface area contributed by atoms with E-state index in [4.69, 9.17) is 4.42 Å². The van der Waals surface area contributed by atoms with E-state index in [1.165, 1.54) is 0 Å². The summed E-state index contributed by atoms with van der Waals surface area (Å²) >= 11 is 0. The highest BCUT2D eigenvalue weighted by molar-refractivity contribution is 5.81. The molecule has 2 aromatic heterocycles. The van der Waals surface area contributed by atoms with Crippen molar-refractivity contribution in [3.05, 3.63) is 51.6 Å². The van der Waals surface area contributed by atoms with Crippen molar-refractivity contribution in [2.75, 3.05) is 19.6 Å². The Morgan fingerprint density at radius 3 is 3.00 bits per heavy atom. The Balaban J connectivity index is 1.48. The first-order chi connectivity index (χ1) is 13.5. The van der Waals surface area contributed by atoms with Gasteiger partial charge in [0.15, 0.2) is 5.89 Å². The van der Waals surface area contributed by atoms with Crippen LogP contribution in [0.5, 0.6) is 0 Å². The number of nitrogens with one attached hydrogen (secondary N) is 1. The van der Waals surface area contributed by atoms with Gasteiger partial charge < -0.3 is 14.6 Å². The van der Waals surface area contributed by atoms with Crippen molar-refractivity contribution in [2.45, 2.75) is 51.1 Å². The monoisotopic (exact) mass is 382 g/mol. The van der Waals surface area contributed by atoms with Crippen molar-refractivity contribution in [1.82, 2.24) is 19.8 Å². The van der Waals surface area contributed by atoms with Gasteiger partial charge in [-0.05, 0) is 12.5 Å². The SMILES string of the molecule is CC(C)c1nc2c(o1)CCN(C(=O)[C@H]1[C@@H]3CNC[C@@H](C3)c3cccc(=O)n31)C2. The normalized spacial score (nSPS) is 26.1. The number of carbonyl (C=O) groups is 1. The van der Waals surface area contributed by atoms with Crippen molar-refractivity contribution in [3.63, 3.8) is 0 Å². The Hall–Kier alpha value is -2.41. The molecule has 7 nitrogen and oxygen atoms in total. The summed E-state index contributed by atoms with van der Waals surface area (Å²) in [4.78, 5) is 32.8. The largest absolute Gasteiger partial charge is 0.445 e. The van der Waals surface area contributed by atoms with E-state index in [1.807, 2.05) is 11.0 Å². The first kappa shape index (κ1) is 17.7. The average molecular weight is 382 g/mol. The second-order valence-corrected chi connectivity index (χ2v) is 8.54. The van der Waals surface area contributed by atoms with Crippen LogP contribution in [0.25, 0.3) is 0 Å². The van der Waals surface area contributed by atoms with Crippen LogP contribution in [0, 0.1) is 5.92 Å². The van der Waals surface area contributed by atoms with E-state index in [1.54, 1.807) is 16.7 Å². The second kappa shape index (κ2) is 6.58. The number of nitrogens with zero attached hydrogens (tertiary/aromatic N) is 3. The minimum Gasteiger partial charge on any atom is -0.445 e. The van der Waals surface area contributed by atoms with E-state index >= 15 is 0 Å². The summed E-state index contributed by atoms with van der Waals surface area (Å²) in [5.41, 5.74) is 1.77. The summed E-state index contributed by atoms with van der Waals surface area (Å²) in [6.07, 6.45) is 1.63. The van der Waals surface area contributed by atoms with Gasteiger partial charge in [-0.1, -0.05) is 19.9 Å². The Bertz CT molecular complexity index is 976. The summed E-state index contributed by atoms with van der Waals surface area (Å²) in [6.45, 7) is 6.81. The van der Waals surface area contributed by atoms with Crippen LogP contribution in [0.15, 0.2) is 27.4 Å². The standard InChI is InChI=1S/C21H26N4O3/c1-12(2)20-23-15-11-24(7-6-17(15)28-20)21(27)19-14-8-13(9-22-10-14)16-4-3-5-18(26)25(16)19/h3-5,12-14,19,22H,6-11H2,1-2H3/t13-,14+,19-/m1/s1. The third-order valence-corrected chi connectivity index (χ3v) is 6.35. The smallest absolute Gasteiger partial charge is 0.251 e. The molecule has 0 unspecified atom stereocenters. The van der Waals surface area contributed by atoms with Crippen molar-refractivity contribution in [3.8, 4) is 0 Å². The molecule has 3 atom stereocenters. The van der Waals surface area contributed by atoms with Crippen molar-refractivity contribution in [2.24, 2.45) is 5.92 Å². The average Bonchev–Trinajstić information content (AvgIpc) is 3.13. The Kier molecular flexibility index (Phi) is 4.16. The summed E-state index contributed by atoms with van der Waals surface area (Å²) in [6, 6.07) is 4.93. The van der Waals surface area contributed by atoms with Gasteiger partial charge in [-0.2, -0.15) is 0 Å². The van der Waals surface area contributed by atoms with Gasteiger partial charge in [0.1, 0.15) is 17.5 Å². The van der Waals surface area contributed by atoms with Gasteiger partial charge in [0.05, 0.1) is 6.54 Å². The number of piperidine rings is 1. The molecule has 1 N–H and O–H groups in total. The first-order valence-corrected chi connectivity index (χ1v) is 10.2. The number of fused-ring (bicyclic) bond motifs is 5. The lowest BCUT2D eigenvalue weighted by atomic mass is 9.78. The topological polar surface area (TPSA) is 80.4 Å². The molecule has 5 heterocycles. The predicted molar refractivity (Wildman–Crippen MR) is 103 cm³/mol. The number of rotatable bonds is 2. The van der Waals surface area contributed by atoms with E-state index < -0.39 is 6.04 Å². The van der Waals surface area contributed by atoms with Crippen molar-refractivity contribution in [1.29, 1.82) is 0 Å². The molecule has 5 rings (SSSR count). The molecule has 148 valence electrons. The van der Waals surface area contributed by atoms with Gasteiger partial charge in [0.25, 0.3) is 5.56 Å². The van der Waals surface area contributed by atoms with Gasteiger partial charge in [-0.25, -0.2) is 4.98 Å². The zero-order chi connectivity index (χ0) is 19.4. The summed E-state index contributed by atoms with van der Waals surface area (Å²) in [5, 5.41) is 3.45. The quantitative estimate of drug-likeness (QED) is 0.857. The van der Waals surface area contributed by atoms with Crippen LogP contribution < -0.4 is 10.9 Å². The number of aromatic nitrogens is 2. The highest BCUT2D eigenvalue weighted by atomic mass is 16.4. The molecule has 28 heavy (non-hydrogen) atoms. The fourth-order valence-corrected chi connectivity index (χ4v) is 4.95. The highest BCUT2D eigenvalue weighted by Gasteiger charge is 2.43. The summed E-state index contributed by atoms with van der Waals surface area (Å²) in [7, 11) is 0. The number of amides is 1. The number of hydrogen-bond acceptors (Lipinski definition) is 5. The Morgan fingerprint density at radius 1 is 1.32 bits per heavy atom. The molecular weight excluding hydrogens is 356 g/mol. The molecule has 0 aromatic carbocycles. The zero-order valence-corrected chi connectivity index (χ0v) is 16.4. The van der Waals surface area contributed by atoms with Gasteiger partial charge in [0.2, 0.25) is 5.91 Å². The Labute approximate surface area is 163 Å². The van der Waals surface area contributed by atoms with Crippen LogP contribution >= 0.6 is 0 Å². The highest BCUT2D eigenvalue weighted by Crippen LogP contribution is 2.39. The second-order valence-electron chi connectivity index (χ2n) is 8.54. The molecule has 0 spiro atoms. The zero-order valence-electron chi connectivity index (χ0n) is 16.4. The maximum atomic E-state index is 13.6. The molecular formula is C21H26N4O3. The molecule has 2 aromatic rings. The van der Waals surface area contributed by atoms with Crippen LogP contribution in [0.3, 0.4) is 0 Å². The fourth-order valence-electron chi connectivity index (χ4n) is 4.95. The summed E-state index contributed by atoms with van der Waals surface area (Å²) in [5.74, 6) is 2.33. The summed E-state index contributed by atoms with van der Waals surface area (Å²) < 4.78 is 7.63. The third-order valence-electron chi connectivity index (χ3n) is 6.35. The first-order valence-electron chi connectivity index (χ1n) is 10.2. The van der Waals surface area contributed by atoms with Crippen molar-refractivity contribution >= 4 is 5.91 Å². The molecule has 1 amide bonds. The molecule has 0 saturated carbocycles. The lowest BCUT2D eigenvalue weighted by Gasteiger charge is -2.44. The lowest BCUT2D eigenvalue weighted by molar-refractivity contribution is -0.138. The van der Waals surface area contributed by atoms with E-state index in [0.29, 0.717) is 25.4 Å². The van der Waals surface area contributed by atoms with E-state index in [0.717, 1.165) is 42.5 Å². The van der Waals surface area contributed by atoms with Gasteiger partial charge >= 0.3 is 0 Å². The Morgan fingerprint density at radius 2 is 2.18 bits per heavy atom. The maximum Gasteiger partial charge on any atom is 0.251 e. The molecule has 3 aliphatic rings. The molecule has 1 saturated heterocycles. The number of oxazole rings is 1. The van der Waals surface area contributed by atoms with Gasteiger partial charge in [-0.15, -0.1) is 0 Å². The number of carbonyl (C=O) groups excluding carboxylic acids is 1. The molecule has 1 fully saturated rings. The van der Waals surface area contributed by atoms with Gasteiger partial charge in [-0.3, -0.25) is 14.2 Å². The lowest BCUT2D eigenvalue weighted by Crippen LogP contribution is -2.53. The fraction of sp³-hybridized carbons (Fsp3) is 0.571. The van der Waals surface area contributed by atoms with Crippen molar-refractivity contribution < 1.29 is 9.21 Å². The van der Waals surface area contributed by atoms with Crippen LogP contribution in [0.4, 0.5) is 0 Å². The van der Waals surface area contributed by atoms with E-state index in [-0.39, 0.29) is 23.3 Å². The minimum atomic E-state index is -0.439. The van der Waals surface area contributed by atoms with Crippen LogP contribution in [-0.2, 0) is 17.8 Å². The van der Waals surface area contributed by atoms with Crippen LogP contribution in [0.1, 0.15) is 61.2 Å². The van der Waals surface area contributed by atoms with Crippen LogP contribution in [0.2, 0.25) is 0 Å². The van der Waals surface area contributed by atoms with Crippen LogP contribution in [-0.4, -0.2) is 40.0 Å². The minimum absolute atomic E-state index is 0.0291. The molecule has 0 radical (unpaired) electrons. The number of pyridine rings is 1. The molecule has 7 heteroatoms.